The van der Waals surface area contributed by atoms with Gasteiger partial charge in [0.1, 0.15) is 0 Å². The number of nitrogens with one attached hydrogen (secondary N) is 1. The summed E-state index contributed by atoms with van der Waals surface area (Å²) in [6.07, 6.45) is 3.64. The predicted octanol–water partition coefficient (Wildman–Crippen LogP) is 1.13. The van der Waals surface area contributed by atoms with Gasteiger partial charge < -0.3 is 5.32 Å². The fourth-order valence-electron chi connectivity index (χ4n) is 1.54. The SMILES string of the molecule is CNC1CCCc2snnc21. The summed E-state index contributed by atoms with van der Waals surface area (Å²) in [5.74, 6) is 0. The van der Waals surface area contributed by atoms with Crippen molar-refractivity contribution in [3.05, 3.63) is 10.6 Å². The second-order valence-corrected chi connectivity index (χ2v) is 3.65. The van der Waals surface area contributed by atoms with Crippen molar-refractivity contribution < 1.29 is 0 Å². The number of aryl methyl sites for hydroxylation is 1. The summed E-state index contributed by atoms with van der Waals surface area (Å²) in [6.45, 7) is 0. The van der Waals surface area contributed by atoms with E-state index in [4.69, 9.17) is 0 Å². The van der Waals surface area contributed by atoms with Crippen LogP contribution in [0.5, 0.6) is 0 Å². The van der Waals surface area contributed by atoms with Crippen molar-refractivity contribution in [2.45, 2.75) is 25.3 Å². The van der Waals surface area contributed by atoms with Gasteiger partial charge in [-0.3, -0.25) is 0 Å². The number of rotatable bonds is 1. The highest BCUT2D eigenvalue weighted by Gasteiger charge is 2.21. The van der Waals surface area contributed by atoms with Crippen LogP contribution < -0.4 is 5.32 Å². The van der Waals surface area contributed by atoms with E-state index in [0.29, 0.717) is 6.04 Å². The van der Waals surface area contributed by atoms with Crippen LogP contribution >= 0.6 is 11.5 Å². The Balaban J connectivity index is 2.32. The van der Waals surface area contributed by atoms with Gasteiger partial charge in [0.2, 0.25) is 0 Å². The van der Waals surface area contributed by atoms with E-state index in [9.17, 15) is 0 Å². The lowest BCUT2D eigenvalue weighted by molar-refractivity contribution is 0.487. The molecule has 3 nitrogen and oxygen atoms in total. The summed E-state index contributed by atoms with van der Waals surface area (Å²) in [4.78, 5) is 1.37. The average Bonchev–Trinajstić information content (AvgIpc) is 2.50. The summed E-state index contributed by atoms with van der Waals surface area (Å²) in [7, 11) is 1.99. The maximum Gasteiger partial charge on any atom is 0.0956 e. The van der Waals surface area contributed by atoms with E-state index in [1.54, 1.807) is 11.5 Å². The topological polar surface area (TPSA) is 37.8 Å². The number of hydrogen-bond donors (Lipinski definition) is 1. The van der Waals surface area contributed by atoms with Crippen LogP contribution in [0, 0.1) is 0 Å². The molecule has 1 atom stereocenters. The van der Waals surface area contributed by atoms with E-state index in [1.807, 2.05) is 7.05 Å². The van der Waals surface area contributed by atoms with Gasteiger partial charge in [0, 0.05) is 0 Å². The fourth-order valence-corrected chi connectivity index (χ4v) is 2.28. The Morgan fingerprint density at radius 3 is 3.36 bits per heavy atom. The molecule has 60 valence electrons. The number of hydrogen-bond acceptors (Lipinski definition) is 4. The van der Waals surface area contributed by atoms with Gasteiger partial charge >= 0.3 is 0 Å². The smallest absolute Gasteiger partial charge is 0.0956 e. The predicted molar refractivity (Wildman–Crippen MR) is 44.6 cm³/mol. The second kappa shape index (κ2) is 2.87. The van der Waals surface area contributed by atoms with Crippen molar-refractivity contribution in [2.75, 3.05) is 7.05 Å². The average molecular weight is 169 g/mol. The van der Waals surface area contributed by atoms with Crippen LogP contribution in [0.1, 0.15) is 29.5 Å². The van der Waals surface area contributed by atoms with Gasteiger partial charge in [-0.05, 0) is 37.8 Å². The van der Waals surface area contributed by atoms with Crippen LogP contribution in [-0.2, 0) is 6.42 Å². The standard InChI is InChI=1S/C7H11N3S/c1-8-5-3-2-4-6-7(5)9-10-11-6/h5,8H,2-4H2,1H3. The minimum atomic E-state index is 0.456. The number of nitrogens with zero attached hydrogens (tertiary/aromatic N) is 2. The Morgan fingerprint density at radius 1 is 1.64 bits per heavy atom. The Bertz CT molecular complexity index is 246. The van der Waals surface area contributed by atoms with Crippen molar-refractivity contribution in [1.29, 1.82) is 0 Å². The molecule has 1 aromatic rings. The van der Waals surface area contributed by atoms with Crippen molar-refractivity contribution in [1.82, 2.24) is 14.9 Å². The van der Waals surface area contributed by atoms with Gasteiger partial charge in [-0.15, -0.1) is 5.10 Å². The quantitative estimate of drug-likeness (QED) is 0.685. The summed E-state index contributed by atoms with van der Waals surface area (Å²) < 4.78 is 3.95. The molecule has 4 heteroatoms. The minimum Gasteiger partial charge on any atom is -0.312 e. The number of fused-ring (bicyclic) bond motifs is 1. The summed E-state index contributed by atoms with van der Waals surface area (Å²) in [6, 6.07) is 0.456. The Morgan fingerprint density at radius 2 is 2.55 bits per heavy atom. The van der Waals surface area contributed by atoms with E-state index < -0.39 is 0 Å². The van der Waals surface area contributed by atoms with Gasteiger partial charge in [-0.1, -0.05) is 4.49 Å². The third-order valence-corrected chi connectivity index (χ3v) is 2.96. The van der Waals surface area contributed by atoms with Crippen LogP contribution in [-0.4, -0.2) is 16.6 Å². The van der Waals surface area contributed by atoms with E-state index in [2.05, 4.69) is 14.9 Å². The normalized spacial score (nSPS) is 23.2. The summed E-state index contributed by atoms with van der Waals surface area (Å²) in [5, 5.41) is 7.37. The molecule has 2 rings (SSSR count). The molecule has 1 aliphatic carbocycles. The van der Waals surface area contributed by atoms with E-state index in [1.165, 1.54) is 29.8 Å². The molecule has 1 N–H and O–H groups in total. The first-order valence-electron chi connectivity index (χ1n) is 3.90. The molecule has 0 aliphatic heterocycles. The first-order valence-corrected chi connectivity index (χ1v) is 4.67. The van der Waals surface area contributed by atoms with Crippen molar-refractivity contribution in [3.8, 4) is 0 Å². The molecule has 1 unspecified atom stereocenters. The van der Waals surface area contributed by atoms with Gasteiger partial charge in [0.25, 0.3) is 0 Å². The van der Waals surface area contributed by atoms with Crippen LogP contribution in [0.3, 0.4) is 0 Å². The maximum atomic E-state index is 4.12. The van der Waals surface area contributed by atoms with Gasteiger partial charge in [-0.25, -0.2) is 0 Å². The lowest BCUT2D eigenvalue weighted by Crippen LogP contribution is -2.21. The first-order chi connectivity index (χ1) is 5.42. The fraction of sp³-hybridized carbons (Fsp3) is 0.714. The van der Waals surface area contributed by atoms with Crippen LogP contribution in [0.15, 0.2) is 0 Å². The monoisotopic (exact) mass is 169 g/mol. The molecule has 0 saturated heterocycles. The van der Waals surface area contributed by atoms with Crippen LogP contribution in [0.4, 0.5) is 0 Å². The summed E-state index contributed by atoms with van der Waals surface area (Å²) in [5.41, 5.74) is 1.18. The molecule has 0 bridgehead atoms. The lowest BCUT2D eigenvalue weighted by atomic mass is 9.98. The Hall–Kier alpha value is -0.480. The van der Waals surface area contributed by atoms with Crippen molar-refractivity contribution >= 4 is 11.5 Å². The molecule has 0 aromatic carbocycles. The molecule has 0 spiro atoms. The van der Waals surface area contributed by atoms with Crippen molar-refractivity contribution in [2.24, 2.45) is 0 Å². The zero-order chi connectivity index (χ0) is 7.68. The summed E-state index contributed by atoms with van der Waals surface area (Å²) >= 11 is 1.54. The first kappa shape index (κ1) is 7.18. The highest BCUT2D eigenvalue weighted by Crippen LogP contribution is 2.29. The van der Waals surface area contributed by atoms with Crippen LogP contribution in [0.2, 0.25) is 0 Å². The van der Waals surface area contributed by atoms with E-state index in [0.717, 1.165) is 0 Å². The van der Waals surface area contributed by atoms with Gasteiger partial charge in [0.05, 0.1) is 16.6 Å². The maximum absolute atomic E-state index is 4.12. The third kappa shape index (κ3) is 1.16. The zero-order valence-corrected chi connectivity index (χ0v) is 7.32. The molecule has 0 saturated carbocycles. The van der Waals surface area contributed by atoms with Gasteiger partial charge in [-0.2, -0.15) is 0 Å². The highest BCUT2D eigenvalue weighted by atomic mass is 32.1. The van der Waals surface area contributed by atoms with Crippen molar-refractivity contribution in [3.63, 3.8) is 0 Å². The number of aromatic nitrogens is 2. The third-order valence-electron chi connectivity index (χ3n) is 2.16. The van der Waals surface area contributed by atoms with E-state index >= 15 is 0 Å². The Labute approximate surface area is 70.0 Å². The van der Waals surface area contributed by atoms with Crippen LogP contribution in [0.25, 0.3) is 0 Å². The lowest BCUT2D eigenvalue weighted by Gasteiger charge is -2.18. The molecule has 0 radical (unpaired) electrons. The minimum absolute atomic E-state index is 0.456. The zero-order valence-electron chi connectivity index (χ0n) is 6.50. The molecular weight excluding hydrogens is 158 g/mol. The van der Waals surface area contributed by atoms with E-state index in [-0.39, 0.29) is 0 Å². The molecule has 11 heavy (non-hydrogen) atoms. The second-order valence-electron chi connectivity index (χ2n) is 2.81. The molecule has 0 fully saturated rings. The Kier molecular flexibility index (Phi) is 1.87. The molecule has 1 heterocycles. The molecule has 1 aromatic heterocycles. The van der Waals surface area contributed by atoms with Gasteiger partial charge in [0.15, 0.2) is 0 Å². The largest absolute Gasteiger partial charge is 0.312 e. The molecule has 1 aliphatic rings. The molecular formula is C7H11N3S. The molecule has 0 amide bonds. The highest BCUT2D eigenvalue weighted by molar-refractivity contribution is 7.05.